The Labute approximate surface area is 125 Å². The number of nitrogens with zero attached hydrogens (tertiary/aromatic N) is 1. The van der Waals surface area contributed by atoms with E-state index in [1.165, 1.54) is 0 Å². The zero-order valence-corrected chi connectivity index (χ0v) is 13.3. The van der Waals surface area contributed by atoms with Crippen molar-refractivity contribution in [3.63, 3.8) is 0 Å². The number of hydrogen-bond acceptors (Lipinski definition) is 1. The maximum Gasteiger partial charge on any atom is 0.0854 e. The molecule has 1 aromatic heterocycles. The minimum atomic E-state index is 0.570. The monoisotopic (exact) mass is 379 g/mol. The molecule has 0 aliphatic rings. The molecule has 0 radical (unpaired) electrons. The largest absolute Gasteiger partial charge is 0.252 e. The van der Waals surface area contributed by atoms with E-state index in [9.17, 15) is 0 Å². The van der Waals surface area contributed by atoms with Gasteiger partial charge in [-0.3, -0.25) is 4.98 Å². The van der Waals surface area contributed by atoms with Crippen molar-refractivity contribution in [2.45, 2.75) is 20.3 Å². The molecule has 0 N–H and O–H groups in total. The molecule has 4 heteroatoms. The van der Waals surface area contributed by atoms with Gasteiger partial charge in [0.1, 0.15) is 0 Å². The molecule has 17 heavy (non-hydrogen) atoms. The highest BCUT2D eigenvalue weighted by molar-refractivity contribution is 14.1. The Kier molecular flexibility index (Phi) is 4.16. The van der Waals surface area contributed by atoms with Crippen LogP contribution in [0.25, 0.3) is 10.9 Å². The third kappa shape index (κ3) is 3.04. The maximum absolute atomic E-state index is 6.29. The summed E-state index contributed by atoms with van der Waals surface area (Å²) in [5.74, 6) is 0.570. The van der Waals surface area contributed by atoms with Crippen molar-refractivity contribution >= 4 is 56.7 Å². The highest BCUT2D eigenvalue weighted by atomic mass is 127. The van der Waals surface area contributed by atoms with E-state index in [1.54, 1.807) is 0 Å². The van der Waals surface area contributed by atoms with Crippen molar-refractivity contribution in [1.29, 1.82) is 0 Å². The predicted molar refractivity (Wildman–Crippen MR) is 83.0 cm³/mol. The van der Waals surface area contributed by atoms with Crippen molar-refractivity contribution in [1.82, 2.24) is 4.98 Å². The molecule has 0 unspecified atom stereocenters. The third-order valence-corrected chi connectivity index (χ3v) is 3.80. The topological polar surface area (TPSA) is 12.9 Å². The summed E-state index contributed by atoms with van der Waals surface area (Å²) >= 11 is 14.6. The summed E-state index contributed by atoms with van der Waals surface area (Å²) in [5.41, 5.74) is 1.98. The van der Waals surface area contributed by atoms with Crippen LogP contribution in [0.5, 0.6) is 0 Å². The second kappa shape index (κ2) is 5.29. The number of aromatic nitrogens is 1. The van der Waals surface area contributed by atoms with Gasteiger partial charge in [-0.1, -0.05) is 37.0 Å². The minimum Gasteiger partial charge on any atom is -0.252 e. The molecule has 0 aliphatic carbocycles. The second-order valence-corrected chi connectivity index (χ2v) is 6.48. The van der Waals surface area contributed by atoms with Gasteiger partial charge in [0.2, 0.25) is 0 Å². The molecule has 2 aromatic rings. The van der Waals surface area contributed by atoms with Gasteiger partial charge in [0.15, 0.2) is 0 Å². The van der Waals surface area contributed by atoms with Crippen LogP contribution < -0.4 is 0 Å². The molecule has 1 aromatic carbocycles. The highest BCUT2D eigenvalue weighted by Crippen LogP contribution is 2.30. The Morgan fingerprint density at radius 3 is 2.59 bits per heavy atom. The van der Waals surface area contributed by atoms with Crippen molar-refractivity contribution in [2.24, 2.45) is 5.92 Å². The first-order valence-corrected chi connectivity index (χ1v) is 7.25. The fraction of sp³-hybridized carbons (Fsp3) is 0.308. The van der Waals surface area contributed by atoms with Gasteiger partial charge in [0.05, 0.1) is 10.5 Å². The first-order valence-electron chi connectivity index (χ1n) is 5.41. The average Bonchev–Trinajstić information content (AvgIpc) is 2.19. The number of fused-ring (bicyclic) bond motifs is 1. The van der Waals surface area contributed by atoms with Gasteiger partial charge in [0.25, 0.3) is 0 Å². The van der Waals surface area contributed by atoms with E-state index in [4.69, 9.17) is 23.2 Å². The summed E-state index contributed by atoms with van der Waals surface area (Å²) in [7, 11) is 0. The quantitative estimate of drug-likeness (QED) is 0.641. The fourth-order valence-electron chi connectivity index (χ4n) is 1.78. The first-order chi connectivity index (χ1) is 7.97. The van der Waals surface area contributed by atoms with Crippen LogP contribution in [0.2, 0.25) is 10.0 Å². The van der Waals surface area contributed by atoms with Crippen LogP contribution in [0.3, 0.4) is 0 Å². The molecule has 1 heterocycles. The van der Waals surface area contributed by atoms with Crippen molar-refractivity contribution in [3.8, 4) is 0 Å². The molecule has 0 saturated heterocycles. The summed E-state index contributed by atoms with van der Waals surface area (Å²) in [6, 6.07) is 5.72. The van der Waals surface area contributed by atoms with Crippen LogP contribution in [-0.4, -0.2) is 4.98 Å². The van der Waals surface area contributed by atoms with Gasteiger partial charge in [-0.2, -0.15) is 0 Å². The molecule has 0 spiro atoms. The van der Waals surface area contributed by atoms with Gasteiger partial charge in [-0.05, 0) is 53.1 Å². The van der Waals surface area contributed by atoms with Crippen molar-refractivity contribution in [2.75, 3.05) is 0 Å². The number of rotatable bonds is 2. The Hall–Kier alpha value is -0.0600. The zero-order chi connectivity index (χ0) is 12.6. The maximum atomic E-state index is 6.29. The van der Waals surface area contributed by atoms with Gasteiger partial charge in [0, 0.05) is 19.7 Å². The zero-order valence-electron chi connectivity index (χ0n) is 9.60. The lowest BCUT2D eigenvalue weighted by molar-refractivity contribution is 0.637. The summed E-state index contributed by atoms with van der Waals surface area (Å²) < 4.78 is 1.04. The van der Waals surface area contributed by atoms with Gasteiger partial charge in [-0.25, -0.2) is 0 Å². The Bertz CT molecular complexity index is 567. The van der Waals surface area contributed by atoms with Gasteiger partial charge < -0.3 is 0 Å². The second-order valence-electron chi connectivity index (χ2n) is 4.48. The van der Waals surface area contributed by atoms with Crippen LogP contribution in [0.4, 0.5) is 0 Å². The van der Waals surface area contributed by atoms with Crippen LogP contribution in [0.1, 0.15) is 19.5 Å². The average molecular weight is 380 g/mol. The van der Waals surface area contributed by atoms with Crippen LogP contribution in [-0.2, 0) is 6.42 Å². The SMILES string of the molecule is CC(C)Cc1cc(Cl)c2cc(Cl)cc(I)c2n1. The number of benzene rings is 1. The molecule has 0 saturated carbocycles. The lowest BCUT2D eigenvalue weighted by atomic mass is 10.1. The van der Waals surface area contributed by atoms with Gasteiger partial charge >= 0.3 is 0 Å². The molecule has 0 fully saturated rings. The smallest absolute Gasteiger partial charge is 0.0854 e. The van der Waals surface area contributed by atoms with Crippen LogP contribution >= 0.6 is 45.8 Å². The molecule has 0 bridgehead atoms. The molecular weight excluding hydrogens is 368 g/mol. The first kappa shape index (κ1) is 13.4. The van der Waals surface area contributed by atoms with Gasteiger partial charge in [-0.15, -0.1) is 0 Å². The van der Waals surface area contributed by atoms with E-state index in [0.29, 0.717) is 10.9 Å². The van der Waals surface area contributed by atoms with E-state index >= 15 is 0 Å². The summed E-state index contributed by atoms with van der Waals surface area (Å²) in [6.07, 6.45) is 0.939. The molecule has 0 aliphatic heterocycles. The number of pyridine rings is 1. The molecule has 0 atom stereocenters. The normalized spacial score (nSPS) is 11.4. The highest BCUT2D eigenvalue weighted by Gasteiger charge is 2.09. The van der Waals surface area contributed by atoms with E-state index in [2.05, 4.69) is 41.4 Å². The standard InChI is InChI=1S/C13H12Cl2IN/c1-7(2)3-9-6-11(15)10-4-8(14)5-12(16)13(10)17-9/h4-7H,3H2,1-2H3. The van der Waals surface area contributed by atoms with E-state index in [0.717, 1.165) is 31.6 Å². The summed E-state index contributed by atoms with van der Waals surface area (Å²) in [5, 5.41) is 2.35. The van der Waals surface area contributed by atoms with Crippen LogP contribution in [0.15, 0.2) is 18.2 Å². The van der Waals surface area contributed by atoms with Crippen molar-refractivity contribution in [3.05, 3.63) is 37.5 Å². The van der Waals surface area contributed by atoms with E-state index in [1.807, 2.05) is 18.2 Å². The number of halogens is 3. The lowest BCUT2D eigenvalue weighted by Gasteiger charge is -2.09. The molecule has 0 amide bonds. The Morgan fingerprint density at radius 1 is 1.24 bits per heavy atom. The van der Waals surface area contributed by atoms with Crippen LogP contribution in [0, 0.1) is 9.49 Å². The minimum absolute atomic E-state index is 0.570. The molecular formula is C13H12Cl2IN. The fourth-order valence-corrected chi connectivity index (χ4v) is 3.20. The Morgan fingerprint density at radius 2 is 1.94 bits per heavy atom. The number of hydrogen-bond donors (Lipinski definition) is 0. The predicted octanol–water partition coefficient (Wildman–Crippen LogP) is 5.34. The molecule has 2 rings (SSSR count). The summed E-state index contributed by atoms with van der Waals surface area (Å²) in [4.78, 5) is 4.67. The molecule has 1 nitrogen and oxygen atoms in total. The van der Waals surface area contributed by atoms with E-state index in [-0.39, 0.29) is 0 Å². The third-order valence-electron chi connectivity index (χ3n) is 2.45. The Balaban J connectivity index is 2.64. The summed E-state index contributed by atoms with van der Waals surface area (Å²) in [6.45, 7) is 4.35. The lowest BCUT2D eigenvalue weighted by Crippen LogP contribution is -1.98. The molecule has 90 valence electrons. The van der Waals surface area contributed by atoms with E-state index < -0.39 is 0 Å². The van der Waals surface area contributed by atoms with Crippen molar-refractivity contribution < 1.29 is 0 Å².